The number of hydrogen-bond donors (Lipinski definition) is 3. The van der Waals surface area contributed by atoms with Crippen LogP contribution in [0.1, 0.15) is 13.3 Å². The van der Waals surface area contributed by atoms with Crippen molar-refractivity contribution in [1.82, 2.24) is 9.78 Å². The van der Waals surface area contributed by atoms with Crippen LogP contribution in [0.25, 0.3) is 0 Å². The first kappa shape index (κ1) is 14.9. The maximum atomic E-state index is 11.7. The minimum absolute atomic E-state index is 0.0645. The lowest BCUT2D eigenvalue weighted by Crippen LogP contribution is -2.26. The van der Waals surface area contributed by atoms with E-state index in [0.29, 0.717) is 18.7 Å². The number of nitrogens with zero attached hydrogens (tertiary/aromatic N) is 2. The number of halogens is 1. The summed E-state index contributed by atoms with van der Waals surface area (Å²) in [6.45, 7) is 2.68. The molecule has 1 unspecified atom stereocenters. The second-order valence-electron chi connectivity index (χ2n) is 4.12. The zero-order chi connectivity index (χ0) is 13.5. The van der Waals surface area contributed by atoms with Crippen LogP contribution in [-0.4, -0.2) is 39.8 Å². The Morgan fingerprint density at radius 2 is 2.22 bits per heavy atom. The Labute approximate surface area is 110 Å². The van der Waals surface area contributed by atoms with E-state index in [0.717, 1.165) is 4.68 Å². The molecule has 0 aliphatic carbocycles. The molecule has 1 heterocycles. The summed E-state index contributed by atoms with van der Waals surface area (Å²) in [5, 5.41) is 24.5. The van der Waals surface area contributed by atoms with Crippen molar-refractivity contribution >= 4 is 17.3 Å². The molecule has 1 aromatic rings. The van der Waals surface area contributed by atoms with Crippen LogP contribution < -0.4 is 10.9 Å². The van der Waals surface area contributed by atoms with Gasteiger partial charge in [-0.1, -0.05) is 18.5 Å². The van der Waals surface area contributed by atoms with Crippen molar-refractivity contribution < 1.29 is 10.2 Å². The minimum Gasteiger partial charge on any atom is -0.396 e. The molecule has 3 N–H and O–H groups in total. The van der Waals surface area contributed by atoms with Crippen LogP contribution in [0.5, 0.6) is 0 Å². The summed E-state index contributed by atoms with van der Waals surface area (Å²) in [5.74, 6) is 0.269. The Bertz CT molecular complexity index is 436. The summed E-state index contributed by atoms with van der Waals surface area (Å²) in [4.78, 5) is 11.7. The van der Waals surface area contributed by atoms with Gasteiger partial charge in [-0.15, -0.1) is 0 Å². The van der Waals surface area contributed by atoms with Gasteiger partial charge in [0.05, 0.1) is 25.0 Å². The van der Waals surface area contributed by atoms with Crippen molar-refractivity contribution in [2.24, 2.45) is 5.92 Å². The number of aliphatic hydroxyl groups is 2. The Hall–Kier alpha value is -1.11. The van der Waals surface area contributed by atoms with Gasteiger partial charge in [-0.2, -0.15) is 5.10 Å². The predicted molar refractivity (Wildman–Crippen MR) is 69.9 cm³/mol. The molecule has 0 aliphatic rings. The summed E-state index contributed by atoms with van der Waals surface area (Å²) < 4.78 is 1.12. The highest BCUT2D eigenvalue weighted by Gasteiger charge is 2.09. The lowest BCUT2D eigenvalue weighted by molar-refractivity contribution is 0.265. The normalized spacial score (nSPS) is 12.4. The first-order valence-electron chi connectivity index (χ1n) is 5.81. The lowest BCUT2D eigenvalue weighted by Gasteiger charge is -2.13. The second-order valence-corrected chi connectivity index (χ2v) is 4.50. The van der Waals surface area contributed by atoms with E-state index in [1.165, 1.54) is 6.20 Å². The molecule has 6 nitrogen and oxygen atoms in total. The largest absolute Gasteiger partial charge is 0.396 e. The van der Waals surface area contributed by atoms with E-state index < -0.39 is 5.56 Å². The Morgan fingerprint density at radius 3 is 2.83 bits per heavy atom. The maximum Gasteiger partial charge on any atom is 0.287 e. The van der Waals surface area contributed by atoms with E-state index in [9.17, 15) is 4.79 Å². The molecule has 1 aromatic heterocycles. The number of aromatic nitrogens is 2. The molecule has 0 spiro atoms. The third-order valence-electron chi connectivity index (χ3n) is 2.56. The number of aliphatic hydroxyl groups excluding tert-OH is 2. The first-order valence-corrected chi connectivity index (χ1v) is 6.19. The van der Waals surface area contributed by atoms with Gasteiger partial charge in [0.2, 0.25) is 0 Å². The summed E-state index contributed by atoms with van der Waals surface area (Å²) >= 11 is 5.93. The molecule has 1 atom stereocenters. The van der Waals surface area contributed by atoms with Crippen molar-refractivity contribution in [3.05, 3.63) is 21.6 Å². The minimum atomic E-state index is -0.425. The van der Waals surface area contributed by atoms with Gasteiger partial charge in [-0.05, 0) is 12.3 Å². The molecule has 0 radical (unpaired) electrons. The smallest absolute Gasteiger partial charge is 0.287 e. The maximum absolute atomic E-state index is 11.7. The van der Waals surface area contributed by atoms with Crippen molar-refractivity contribution in [1.29, 1.82) is 0 Å². The Kier molecular flexibility index (Phi) is 6.11. The third kappa shape index (κ3) is 3.97. The van der Waals surface area contributed by atoms with Crippen LogP contribution in [0.15, 0.2) is 11.0 Å². The molecular formula is C11H18ClN3O3. The molecule has 0 bridgehead atoms. The number of nitrogens with one attached hydrogen (secondary N) is 1. The molecule has 7 heteroatoms. The number of hydrogen-bond acceptors (Lipinski definition) is 5. The topological polar surface area (TPSA) is 87.4 Å². The van der Waals surface area contributed by atoms with E-state index in [2.05, 4.69) is 10.4 Å². The van der Waals surface area contributed by atoms with Gasteiger partial charge < -0.3 is 15.5 Å². The van der Waals surface area contributed by atoms with E-state index in [1.54, 1.807) is 0 Å². The van der Waals surface area contributed by atoms with Gasteiger partial charge in [0.25, 0.3) is 5.56 Å². The molecular weight excluding hydrogens is 258 g/mol. The van der Waals surface area contributed by atoms with Gasteiger partial charge in [0.15, 0.2) is 0 Å². The van der Waals surface area contributed by atoms with E-state index >= 15 is 0 Å². The quantitative estimate of drug-likeness (QED) is 0.667. The van der Waals surface area contributed by atoms with Crippen molar-refractivity contribution in [2.75, 3.05) is 25.1 Å². The summed E-state index contributed by atoms with van der Waals surface area (Å²) in [6.07, 6.45) is 2.14. The zero-order valence-corrected chi connectivity index (χ0v) is 11.0. The molecule has 102 valence electrons. The number of rotatable bonds is 7. The van der Waals surface area contributed by atoms with Gasteiger partial charge >= 0.3 is 0 Å². The molecule has 1 rings (SSSR count). The lowest BCUT2D eigenvalue weighted by atomic mass is 10.1. The van der Waals surface area contributed by atoms with Crippen LogP contribution >= 0.6 is 11.6 Å². The van der Waals surface area contributed by atoms with E-state index in [4.69, 9.17) is 21.8 Å². The predicted octanol–water partition coefficient (Wildman–Crippen LogP) is 0.319. The zero-order valence-electron chi connectivity index (χ0n) is 10.3. The highest BCUT2D eigenvalue weighted by molar-refractivity contribution is 6.32. The summed E-state index contributed by atoms with van der Waals surface area (Å²) in [7, 11) is 0. The molecule has 0 amide bonds. The van der Waals surface area contributed by atoms with Gasteiger partial charge in [-0.3, -0.25) is 4.79 Å². The highest BCUT2D eigenvalue weighted by atomic mass is 35.5. The fraction of sp³-hybridized carbons (Fsp3) is 0.636. The van der Waals surface area contributed by atoms with Crippen LogP contribution in [0.2, 0.25) is 5.02 Å². The molecule has 0 saturated carbocycles. The number of anilines is 1. The fourth-order valence-electron chi connectivity index (χ4n) is 1.45. The van der Waals surface area contributed by atoms with Crippen LogP contribution in [0.3, 0.4) is 0 Å². The third-order valence-corrected chi connectivity index (χ3v) is 2.92. The second kappa shape index (κ2) is 7.35. The van der Waals surface area contributed by atoms with Crippen LogP contribution in [0.4, 0.5) is 5.69 Å². The summed E-state index contributed by atoms with van der Waals surface area (Å²) in [6, 6.07) is 0. The SMILES string of the molecule is CC(CCO)CNc1cnn(CCO)c(=O)c1Cl. The highest BCUT2D eigenvalue weighted by Crippen LogP contribution is 2.16. The van der Waals surface area contributed by atoms with Gasteiger partial charge in [0.1, 0.15) is 5.02 Å². The summed E-state index contributed by atoms with van der Waals surface area (Å²) in [5.41, 5.74) is 0.0474. The Balaban J connectivity index is 2.73. The standard InChI is InChI=1S/C11H18ClN3O3/c1-8(2-4-16)6-13-9-7-14-15(3-5-17)11(18)10(9)12/h7-8,13,16-17H,2-6H2,1H3. The average Bonchev–Trinajstić information content (AvgIpc) is 2.35. The van der Waals surface area contributed by atoms with Crippen LogP contribution in [0, 0.1) is 5.92 Å². The monoisotopic (exact) mass is 275 g/mol. The molecule has 0 aliphatic heterocycles. The van der Waals surface area contributed by atoms with Crippen molar-refractivity contribution in [3.63, 3.8) is 0 Å². The van der Waals surface area contributed by atoms with Gasteiger partial charge in [-0.25, -0.2) is 4.68 Å². The van der Waals surface area contributed by atoms with Crippen molar-refractivity contribution in [2.45, 2.75) is 19.9 Å². The van der Waals surface area contributed by atoms with Gasteiger partial charge in [0, 0.05) is 13.2 Å². The molecule has 0 saturated heterocycles. The van der Waals surface area contributed by atoms with Crippen LogP contribution in [-0.2, 0) is 6.54 Å². The molecule has 18 heavy (non-hydrogen) atoms. The fourth-order valence-corrected chi connectivity index (χ4v) is 1.66. The Morgan fingerprint density at radius 1 is 1.50 bits per heavy atom. The average molecular weight is 276 g/mol. The van der Waals surface area contributed by atoms with Crippen molar-refractivity contribution in [3.8, 4) is 0 Å². The molecule has 0 aromatic carbocycles. The first-order chi connectivity index (χ1) is 8.60. The van der Waals surface area contributed by atoms with E-state index in [-0.39, 0.29) is 30.7 Å². The molecule has 0 fully saturated rings. The van der Waals surface area contributed by atoms with E-state index in [1.807, 2.05) is 6.92 Å².